The molecule has 1 unspecified atom stereocenters. The highest BCUT2D eigenvalue weighted by Gasteiger charge is 2.29. The number of aliphatic hydroxyl groups is 1. The molecule has 0 saturated heterocycles. The highest BCUT2D eigenvalue weighted by molar-refractivity contribution is 5.26. The van der Waals surface area contributed by atoms with Gasteiger partial charge >= 0.3 is 6.18 Å². The lowest BCUT2D eigenvalue weighted by Crippen LogP contribution is -2.05. The Labute approximate surface area is 108 Å². The molecule has 0 aliphatic rings. The van der Waals surface area contributed by atoms with Gasteiger partial charge in [0.05, 0.1) is 17.9 Å². The Balaban J connectivity index is 2.07. The van der Waals surface area contributed by atoms with Crippen LogP contribution in [0.2, 0.25) is 0 Å². The standard InChI is InChI=1S/C14H13F3O2/c1-9-6-11(8-19-9)13(18)7-10-2-4-12(5-3-10)14(15,16)17/h2-6,8,13,18H,7H2,1H3. The Kier molecular flexibility index (Phi) is 3.66. The number of hydrogen-bond donors (Lipinski definition) is 1. The van der Waals surface area contributed by atoms with Crippen molar-refractivity contribution in [2.24, 2.45) is 0 Å². The predicted octanol–water partition coefficient (Wildman–Crippen LogP) is 3.88. The van der Waals surface area contributed by atoms with Gasteiger partial charge in [0.2, 0.25) is 0 Å². The summed E-state index contributed by atoms with van der Waals surface area (Å²) in [4.78, 5) is 0. The molecule has 2 rings (SSSR count). The smallest absolute Gasteiger partial charge is 0.416 e. The molecule has 0 spiro atoms. The molecule has 19 heavy (non-hydrogen) atoms. The molecule has 2 nitrogen and oxygen atoms in total. The molecule has 1 aromatic heterocycles. The molecule has 0 aliphatic carbocycles. The largest absolute Gasteiger partial charge is 0.469 e. The molecular formula is C14H13F3O2. The highest BCUT2D eigenvalue weighted by Crippen LogP contribution is 2.29. The summed E-state index contributed by atoms with van der Waals surface area (Å²) in [5.41, 5.74) is 0.571. The van der Waals surface area contributed by atoms with Gasteiger partial charge in [-0.05, 0) is 30.7 Å². The fourth-order valence-electron chi connectivity index (χ4n) is 1.81. The summed E-state index contributed by atoms with van der Waals surface area (Å²) in [5.74, 6) is 0.682. The van der Waals surface area contributed by atoms with Crippen LogP contribution in [-0.4, -0.2) is 5.11 Å². The lowest BCUT2D eigenvalue weighted by Gasteiger charge is -2.10. The lowest BCUT2D eigenvalue weighted by atomic mass is 10.0. The summed E-state index contributed by atoms with van der Waals surface area (Å²) in [6.45, 7) is 1.76. The van der Waals surface area contributed by atoms with Gasteiger partial charge in [-0.1, -0.05) is 12.1 Å². The van der Waals surface area contributed by atoms with Crippen molar-refractivity contribution in [2.45, 2.75) is 25.6 Å². The van der Waals surface area contributed by atoms with Gasteiger partial charge in [0, 0.05) is 12.0 Å². The Morgan fingerprint density at radius 3 is 2.32 bits per heavy atom. The van der Waals surface area contributed by atoms with Gasteiger partial charge < -0.3 is 9.52 Å². The maximum Gasteiger partial charge on any atom is 0.416 e. The molecule has 1 atom stereocenters. The number of halogens is 3. The third kappa shape index (κ3) is 3.38. The van der Waals surface area contributed by atoms with Crippen LogP contribution in [0.4, 0.5) is 13.2 Å². The van der Waals surface area contributed by atoms with Crippen molar-refractivity contribution in [3.8, 4) is 0 Å². The SMILES string of the molecule is Cc1cc(C(O)Cc2ccc(C(F)(F)F)cc2)co1. The Bertz CT molecular complexity index is 541. The van der Waals surface area contributed by atoms with Crippen LogP contribution in [-0.2, 0) is 12.6 Å². The topological polar surface area (TPSA) is 33.4 Å². The minimum absolute atomic E-state index is 0.247. The van der Waals surface area contributed by atoms with Crippen LogP contribution >= 0.6 is 0 Å². The van der Waals surface area contributed by atoms with Gasteiger partial charge in [0.15, 0.2) is 0 Å². The average molecular weight is 270 g/mol. The molecule has 2 aromatic rings. The molecule has 0 radical (unpaired) electrons. The first-order chi connectivity index (χ1) is 8.86. The van der Waals surface area contributed by atoms with Crippen molar-refractivity contribution in [1.82, 2.24) is 0 Å². The zero-order chi connectivity index (χ0) is 14.0. The van der Waals surface area contributed by atoms with E-state index in [1.54, 1.807) is 13.0 Å². The third-order valence-corrected chi connectivity index (χ3v) is 2.85. The van der Waals surface area contributed by atoms with E-state index >= 15 is 0 Å². The van der Waals surface area contributed by atoms with E-state index in [0.717, 1.165) is 12.1 Å². The van der Waals surface area contributed by atoms with Crippen molar-refractivity contribution in [3.05, 3.63) is 59.0 Å². The van der Waals surface area contributed by atoms with Crippen LogP contribution in [0.15, 0.2) is 41.0 Å². The summed E-state index contributed by atoms with van der Waals surface area (Å²) in [6.07, 6.45) is -3.42. The van der Waals surface area contributed by atoms with E-state index in [2.05, 4.69) is 0 Å². The molecule has 0 bridgehead atoms. The molecule has 0 aliphatic heterocycles. The van der Waals surface area contributed by atoms with Crippen LogP contribution in [0.1, 0.15) is 28.6 Å². The predicted molar refractivity (Wildman–Crippen MR) is 63.6 cm³/mol. The quantitative estimate of drug-likeness (QED) is 0.918. The molecule has 102 valence electrons. The number of aliphatic hydroxyl groups excluding tert-OH is 1. The van der Waals surface area contributed by atoms with E-state index < -0.39 is 17.8 Å². The van der Waals surface area contributed by atoms with Crippen molar-refractivity contribution in [2.75, 3.05) is 0 Å². The van der Waals surface area contributed by atoms with E-state index in [4.69, 9.17) is 4.42 Å². The van der Waals surface area contributed by atoms with Crippen LogP contribution in [0, 0.1) is 6.92 Å². The minimum Gasteiger partial charge on any atom is -0.469 e. The normalized spacial score (nSPS) is 13.5. The van der Waals surface area contributed by atoms with Crippen molar-refractivity contribution in [1.29, 1.82) is 0 Å². The zero-order valence-electron chi connectivity index (χ0n) is 10.2. The number of hydrogen-bond acceptors (Lipinski definition) is 2. The number of aryl methyl sites for hydroxylation is 1. The molecule has 1 heterocycles. The fourth-order valence-corrected chi connectivity index (χ4v) is 1.81. The number of alkyl halides is 3. The van der Waals surface area contributed by atoms with E-state index in [1.807, 2.05) is 0 Å². The Morgan fingerprint density at radius 1 is 1.21 bits per heavy atom. The van der Waals surface area contributed by atoms with Crippen LogP contribution in [0.3, 0.4) is 0 Å². The second-order valence-electron chi connectivity index (χ2n) is 4.41. The first-order valence-electron chi connectivity index (χ1n) is 5.75. The van der Waals surface area contributed by atoms with Crippen LogP contribution in [0.25, 0.3) is 0 Å². The average Bonchev–Trinajstić information content (AvgIpc) is 2.75. The second kappa shape index (κ2) is 5.09. The molecule has 0 amide bonds. The first-order valence-corrected chi connectivity index (χ1v) is 5.75. The number of benzene rings is 1. The number of furan rings is 1. The summed E-state index contributed by atoms with van der Waals surface area (Å²) in [6, 6.07) is 6.48. The molecule has 5 heteroatoms. The van der Waals surface area contributed by atoms with E-state index in [0.29, 0.717) is 16.9 Å². The highest BCUT2D eigenvalue weighted by atomic mass is 19.4. The summed E-state index contributed by atoms with van der Waals surface area (Å²) < 4.78 is 42.2. The minimum atomic E-state index is -4.33. The maximum atomic E-state index is 12.4. The molecule has 0 fully saturated rings. The summed E-state index contributed by atoms with van der Waals surface area (Å²) in [5, 5.41) is 9.93. The van der Waals surface area contributed by atoms with Gasteiger partial charge in [-0.15, -0.1) is 0 Å². The van der Waals surface area contributed by atoms with Crippen molar-refractivity contribution in [3.63, 3.8) is 0 Å². The summed E-state index contributed by atoms with van der Waals surface area (Å²) in [7, 11) is 0. The monoisotopic (exact) mass is 270 g/mol. The summed E-state index contributed by atoms with van der Waals surface area (Å²) >= 11 is 0. The van der Waals surface area contributed by atoms with Gasteiger partial charge in [-0.3, -0.25) is 0 Å². The maximum absolute atomic E-state index is 12.4. The number of rotatable bonds is 3. The molecule has 1 aromatic carbocycles. The lowest BCUT2D eigenvalue weighted by molar-refractivity contribution is -0.137. The van der Waals surface area contributed by atoms with Crippen LogP contribution < -0.4 is 0 Å². The van der Waals surface area contributed by atoms with Gasteiger partial charge in [0.1, 0.15) is 5.76 Å². The molecular weight excluding hydrogens is 257 g/mol. The zero-order valence-corrected chi connectivity index (χ0v) is 10.2. The van der Waals surface area contributed by atoms with Gasteiger partial charge in [-0.25, -0.2) is 0 Å². The van der Waals surface area contributed by atoms with Crippen LogP contribution in [0.5, 0.6) is 0 Å². The Morgan fingerprint density at radius 2 is 1.84 bits per heavy atom. The fraction of sp³-hybridized carbons (Fsp3) is 0.286. The van der Waals surface area contributed by atoms with E-state index in [9.17, 15) is 18.3 Å². The second-order valence-corrected chi connectivity index (χ2v) is 4.41. The third-order valence-electron chi connectivity index (χ3n) is 2.85. The first kappa shape index (κ1) is 13.7. The Hall–Kier alpha value is -1.75. The van der Waals surface area contributed by atoms with Crippen molar-refractivity contribution >= 4 is 0 Å². The molecule has 1 N–H and O–H groups in total. The van der Waals surface area contributed by atoms with Gasteiger partial charge in [0.25, 0.3) is 0 Å². The van der Waals surface area contributed by atoms with Crippen molar-refractivity contribution < 1.29 is 22.7 Å². The molecule has 0 saturated carbocycles. The van der Waals surface area contributed by atoms with Gasteiger partial charge in [-0.2, -0.15) is 13.2 Å². The van der Waals surface area contributed by atoms with E-state index in [1.165, 1.54) is 18.4 Å². The van der Waals surface area contributed by atoms with E-state index in [-0.39, 0.29) is 6.42 Å².